The van der Waals surface area contributed by atoms with Gasteiger partial charge in [-0.05, 0) is 36.9 Å². The van der Waals surface area contributed by atoms with Gasteiger partial charge in [0.2, 0.25) is 5.91 Å². The average molecular weight is 347 g/mol. The number of carbonyl (C=O) groups is 2. The largest absolute Gasteiger partial charge is 0.366 e. The lowest BCUT2D eigenvalue weighted by Gasteiger charge is -2.31. The van der Waals surface area contributed by atoms with Crippen LogP contribution in [0.5, 0.6) is 0 Å². The fourth-order valence-corrected chi connectivity index (χ4v) is 3.86. The normalized spacial score (nSPS) is 18.4. The minimum absolute atomic E-state index is 0.0939. The maximum Gasteiger partial charge on any atom is 0.251 e. The van der Waals surface area contributed by atoms with Crippen molar-refractivity contribution in [3.8, 4) is 0 Å². The van der Waals surface area contributed by atoms with Crippen molar-refractivity contribution in [2.75, 3.05) is 25.0 Å². The lowest BCUT2D eigenvalue weighted by molar-refractivity contribution is -0.116. The Balaban J connectivity index is 1.49. The quantitative estimate of drug-likeness (QED) is 0.741. The minimum Gasteiger partial charge on any atom is -0.366 e. The number of thiophene rings is 1. The van der Waals surface area contributed by atoms with E-state index >= 15 is 0 Å². The summed E-state index contributed by atoms with van der Waals surface area (Å²) in [4.78, 5) is 25.7. The Morgan fingerprint density at radius 2 is 2.33 bits per heavy atom. The average Bonchev–Trinajstić information content (AvgIpc) is 3.25. The predicted octanol–water partition coefficient (Wildman–Crippen LogP) is 1.78. The molecule has 3 rings (SSSR count). The first-order chi connectivity index (χ1) is 11.6. The van der Waals surface area contributed by atoms with Crippen molar-refractivity contribution in [1.29, 1.82) is 0 Å². The van der Waals surface area contributed by atoms with Crippen LogP contribution in [0.3, 0.4) is 0 Å². The molecule has 0 saturated carbocycles. The highest BCUT2D eigenvalue weighted by Gasteiger charge is 2.22. The highest BCUT2D eigenvalue weighted by molar-refractivity contribution is 7.14. The van der Waals surface area contributed by atoms with Gasteiger partial charge in [-0.15, -0.1) is 11.3 Å². The smallest absolute Gasteiger partial charge is 0.251 e. The standard InChI is InChI=1S/C16H21N5O2S/c17-15(23)12-5-9-24-16(12)19-14(22)4-8-21-7-1-2-11(10-21)13-3-6-18-20-13/h3,5-6,9,11H,1-2,4,7-8,10H2,(H2,17,23)(H,18,20)(H,19,22)/t11-/m1/s1. The van der Waals surface area contributed by atoms with E-state index in [1.807, 2.05) is 6.07 Å². The molecule has 1 saturated heterocycles. The summed E-state index contributed by atoms with van der Waals surface area (Å²) in [5, 5.41) is 12.1. The van der Waals surface area contributed by atoms with Crippen molar-refractivity contribution in [3.63, 3.8) is 0 Å². The van der Waals surface area contributed by atoms with E-state index in [2.05, 4.69) is 20.4 Å². The molecule has 2 aromatic rings. The molecule has 0 aromatic carbocycles. The van der Waals surface area contributed by atoms with Crippen molar-refractivity contribution in [3.05, 3.63) is 35.0 Å². The molecule has 3 heterocycles. The number of aromatic amines is 1. The maximum absolute atomic E-state index is 12.1. The Bertz CT molecular complexity index is 697. The number of anilines is 1. The van der Waals surface area contributed by atoms with Crippen molar-refractivity contribution >= 4 is 28.2 Å². The fraction of sp³-hybridized carbons (Fsp3) is 0.438. The third kappa shape index (κ3) is 4.01. The molecule has 1 atom stereocenters. The van der Waals surface area contributed by atoms with Crippen LogP contribution in [0.4, 0.5) is 5.00 Å². The van der Waals surface area contributed by atoms with Crippen LogP contribution in [-0.4, -0.2) is 46.5 Å². The zero-order valence-corrected chi connectivity index (χ0v) is 14.1. The van der Waals surface area contributed by atoms with E-state index in [0.717, 1.165) is 31.6 Å². The van der Waals surface area contributed by atoms with Gasteiger partial charge in [0, 0.05) is 37.3 Å². The summed E-state index contributed by atoms with van der Waals surface area (Å²) in [5.41, 5.74) is 6.81. The summed E-state index contributed by atoms with van der Waals surface area (Å²) in [6.07, 6.45) is 4.43. The Labute approximate surface area is 144 Å². The van der Waals surface area contributed by atoms with Gasteiger partial charge in [0.15, 0.2) is 0 Å². The summed E-state index contributed by atoms with van der Waals surface area (Å²) in [6.45, 7) is 2.64. The second-order valence-electron chi connectivity index (χ2n) is 5.98. The van der Waals surface area contributed by atoms with Gasteiger partial charge in [-0.2, -0.15) is 5.10 Å². The summed E-state index contributed by atoms with van der Waals surface area (Å²) in [5.74, 6) is -0.170. The van der Waals surface area contributed by atoms with Crippen molar-refractivity contribution < 1.29 is 9.59 Å². The van der Waals surface area contributed by atoms with E-state index in [0.29, 0.717) is 29.4 Å². The number of primary amides is 1. The van der Waals surface area contributed by atoms with Gasteiger partial charge < -0.3 is 16.0 Å². The number of hydrogen-bond acceptors (Lipinski definition) is 5. The highest BCUT2D eigenvalue weighted by Crippen LogP contribution is 2.26. The lowest BCUT2D eigenvalue weighted by Crippen LogP contribution is -2.36. The van der Waals surface area contributed by atoms with Crippen LogP contribution in [0.2, 0.25) is 0 Å². The van der Waals surface area contributed by atoms with Crippen LogP contribution in [0.25, 0.3) is 0 Å². The zero-order valence-electron chi connectivity index (χ0n) is 13.3. The van der Waals surface area contributed by atoms with Gasteiger partial charge in [-0.3, -0.25) is 14.7 Å². The summed E-state index contributed by atoms with van der Waals surface area (Å²) >= 11 is 1.31. The molecule has 1 aliphatic heterocycles. The fourth-order valence-electron chi connectivity index (χ4n) is 3.06. The molecule has 0 aliphatic carbocycles. The van der Waals surface area contributed by atoms with Crippen LogP contribution >= 0.6 is 11.3 Å². The minimum atomic E-state index is -0.523. The molecule has 7 nitrogen and oxygen atoms in total. The van der Waals surface area contributed by atoms with E-state index in [1.165, 1.54) is 11.3 Å². The first kappa shape index (κ1) is 16.7. The number of carbonyl (C=O) groups excluding carboxylic acids is 2. The van der Waals surface area contributed by atoms with Gasteiger partial charge in [-0.25, -0.2) is 0 Å². The van der Waals surface area contributed by atoms with Crippen LogP contribution in [0, 0.1) is 0 Å². The second-order valence-corrected chi connectivity index (χ2v) is 6.89. The molecular weight excluding hydrogens is 326 g/mol. The molecule has 2 amide bonds. The second kappa shape index (κ2) is 7.59. The van der Waals surface area contributed by atoms with E-state index in [-0.39, 0.29) is 5.91 Å². The topological polar surface area (TPSA) is 104 Å². The van der Waals surface area contributed by atoms with Crippen LogP contribution in [0.15, 0.2) is 23.7 Å². The first-order valence-electron chi connectivity index (χ1n) is 8.02. The molecular formula is C16H21N5O2S. The number of H-pyrrole nitrogens is 1. The maximum atomic E-state index is 12.1. The van der Waals surface area contributed by atoms with Gasteiger partial charge >= 0.3 is 0 Å². The SMILES string of the molecule is NC(=O)c1ccsc1NC(=O)CCN1CCC[C@@H](c2ccn[nH]2)C1. The molecule has 4 N–H and O–H groups in total. The molecule has 0 bridgehead atoms. The third-order valence-corrected chi connectivity index (χ3v) is 5.14. The molecule has 1 aliphatic rings. The predicted molar refractivity (Wildman–Crippen MR) is 93.1 cm³/mol. The molecule has 8 heteroatoms. The van der Waals surface area contributed by atoms with E-state index in [4.69, 9.17) is 5.73 Å². The van der Waals surface area contributed by atoms with E-state index < -0.39 is 5.91 Å². The molecule has 1 fully saturated rings. The van der Waals surface area contributed by atoms with Gasteiger partial charge in [0.25, 0.3) is 5.91 Å². The Kier molecular flexibility index (Phi) is 5.27. The van der Waals surface area contributed by atoms with Gasteiger partial charge in [0.1, 0.15) is 5.00 Å². The van der Waals surface area contributed by atoms with Crippen molar-refractivity contribution in [2.45, 2.75) is 25.2 Å². The third-order valence-electron chi connectivity index (χ3n) is 4.31. The van der Waals surface area contributed by atoms with Gasteiger partial charge in [-0.1, -0.05) is 0 Å². The van der Waals surface area contributed by atoms with Crippen LogP contribution < -0.4 is 11.1 Å². The first-order valence-corrected chi connectivity index (χ1v) is 8.90. The number of nitrogens with one attached hydrogen (secondary N) is 2. The summed E-state index contributed by atoms with van der Waals surface area (Å²) in [7, 11) is 0. The number of nitrogens with zero attached hydrogens (tertiary/aromatic N) is 2. The number of hydrogen-bond donors (Lipinski definition) is 3. The van der Waals surface area contributed by atoms with Crippen LogP contribution in [-0.2, 0) is 4.79 Å². The monoisotopic (exact) mass is 347 g/mol. The van der Waals surface area contributed by atoms with E-state index in [1.54, 1.807) is 17.6 Å². The molecule has 0 radical (unpaired) electrons. The highest BCUT2D eigenvalue weighted by atomic mass is 32.1. The number of piperidine rings is 1. The number of nitrogens with two attached hydrogens (primary N) is 1. The number of aromatic nitrogens is 2. The lowest BCUT2D eigenvalue weighted by atomic mass is 9.95. The summed E-state index contributed by atoms with van der Waals surface area (Å²) in [6, 6.07) is 3.64. The van der Waals surface area contributed by atoms with E-state index in [9.17, 15) is 9.59 Å². The number of rotatable bonds is 6. The van der Waals surface area contributed by atoms with Crippen molar-refractivity contribution in [1.82, 2.24) is 15.1 Å². The Morgan fingerprint density at radius 1 is 1.46 bits per heavy atom. The summed E-state index contributed by atoms with van der Waals surface area (Å²) < 4.78 is 0. The Hall–Kier alpha value is -2.19. The molecule has 2 aromatic heterocycles. The van der Waals surface area contributed by atoms with Gasteiger partial charge in [0.05, 0.1) is 5.56 Å². The van der Waals surface area contributed by atoms with Crippen LogP contribution in [0.1, 0.15) is 41.2 Å². The number of likely N-dealkylation sites (tertiary alicyclic amines) is 1. The molecule has 24 heavy (non-hydrogen) atoms. The molecule has 128 valence electrons. The zero-order chi connectivity index (χ0) is 16.9. The number of amides is 2. The Morgan fingerprint density at radius 3 is 3.08 bits per heavy atom. The molecule has 0 unspecified atom stereocenters. The van der Waals surface area contributed by atoms with Crippen molar-refractivity contribution in [2.24, 2.45) is 5.73 Å². The molecule has 0 spiro atoms.